The molecule has 0 aliphatic carbocycles. The highest BCUT2D eigenvalue weighted by Gasteiger charge is 2.20. The third-order valence-electron chi connectivity index (χ3n) is 2.57. The number of amidine groups is 1. The summed E-state index contributed by atoms with van der Waals surface area (Å²) in [6, 6.07) is 0.0317. The molecule has 1 aromatic heterocycles. The summed E-state index contributed by atoms with van der Waals surface area (Å²) in [6.45, 7) is 4.24. The second kappa shape index (κ2) is 6.04. The molecule has 0 saturated heterocycles. The Labute approximate surface area is 106 Å². The summed E-state index contributed by atoms with van der Waals surface area (Å²) in [6.07, 6.45) is 3.53. The van der Waals surface area contributed by atoms with Gasteiger partial charge in [0.25, 0.3) is 5.91 Å². The molecule has 0 saturated carbocycles. The smallest absolute Gasteiger partial charge is 0.257 e. The lowest BCUT2D eigenvalue weighted by molar-refractivity contribution is 0.0711. The maximum absolute atomic E-state index is 12.2. The summed E-state index contributed by atoms with van der Waals surface area (Å²) in [5.41, 5.74) is 5.94. The van der Waals surface area contributed by atoms with Crippen LogP contribution in [0.15, 0.2) is 17.5 Å². The van der Waals surface area contributed by atoms with E-state index in [1.165, 1.54) is 6.20 Å². The van der Waals surface area contributed by atoms with Crippen molar-refractivity contribution >= 4 is 11.7 Å². The van der Waals surface area contributed by atoms with Gasteiger partial charge in [0.1, 0.15) is 5.84 Å². The Kier molecular flexibility index (Phi) is 4.70. The van der Waals surface area contributed by atoms with Crippen LogP contribution in [-0.2, 0) is 7.05 Å². The number of carbonyl (C=O) groups excluding carboxylic acids is 1. The molecule has 0 fully saturated rings. The average molecular weight is 253 g/mol. The lowest BCUT2D eigenvalue weighted by atomic mass is 10.2. The topological polar surface area (TPSA) is 96.7 Å². The Morgan fingerprint density at radius 2 is 2.33 bits per heavy atom. The molecule has 7 heteroatoms. The zero-order valence-corrected chi connectivity index (χ0v) is 10.9. The minimum atomic E-state index is -0.108. The second-order valence-electron chi connectivity index (χ2n) is 4.34. The number of hydrogen-bond donors (Lipinski definition) is 2. The molecule has 0 aliphatic heterocycles. The van der Waals surface area contributed by atoms with Gasteiger partial charge >= 0.3 is 0 Å². The van der Waals surface area contributed by atoms with Gasteiger partial charge in [-0.05, 0) is 13.8 Å². The minimum Gasteiger partial charge on any atom is -0.409 e. The fourth-order valence-electron chi connectivity index (χ4n) is 1.58. The van der Waals surface area contributed by atoms with Gasteiger partial charge in [0.15, 0.2) is 0 Å². The van der Waals surface area contributed by atoms with Crippen molar-refractivity contribution in [2.75, 3.05) is 6.54 Å². The Morgan fingerprint density at radius 3 is 2.78 bits per heavy atom. The Bertz CT molecular complexity index is 438. The van der Waals surface area contributed by atoms with Crippen LogP contribution in [-0.4, -0.2) is 44.2 Å². The number of rotatable bonds is 5. The molecule has 0 aromatic carbocycles. The number of nitrogens with two attached hydrogens (primary N) is 1. The predicted molar refractivity (Wildman–Crippen MR) is 67.4 cm³/mol. The van der Waals surface area contributed by atoms with Gasteiger partial charge in [-0.2, -0.15) is 5.10 Å². The summed E-state index contributed by atoms with van der Waals surface area (Å²) in [4.78, 5) is 13.9. The van der Waals surface area contributed by atoms with Crippen LogP contribution in [0.2, 0.25) is 0 Å². The Morgan fingerprint density at radius 1 is 1.67 bits per heavy atom. The van der Waals surface area contributed by atoms with E-state index in [-0.39, 0.29) is 17.8 Å². The monoisotopic (exact) mass is 253 g/mol. The summed E-state index contributed by atoms with van der Waals surface area (Å²) in [5, 5.41) is 15.4. The van der Waals surface area contributed by atoms with Gasteiger partial charge in [-0.15, -0.1) is 0 Å². The second-order valence-corrected chi connectivity index (χ2v) is 4.34. The van der Waals surface area contributed by atoms with E-state index >= 15 is 0 Å². The van der Waals surface area contributed by atoms with E-state index in [0.29, 0.717) is 18.5 Å². The highest BCUT2D eigenvalue weighted by Crippen LogP contribution is 2.08. The van der Waals surface area contributed by atoms with Crippen molar-refractivity contribution in [3.63, 3.8) is 0 Å². The van der Waals surface area contributed by atoms with E-state index in [2.05, 4.69) is 10.3 Å². The van der Waals surface area contributed by atoms with Crippen LogP contribution >= 0.6 is 0 Å². The van der Waals surface area contributed by atoms with E-state index in [1.807, 2.05) is 13.8 Å². The van der Waals surface area contributed by atoms with Crippen LogP contribution in [0.4, 0.5) is 0 Å². The maximum Gasteiger partial charge on any atom is 0.257 e. The molecule has 1 aromatic rings. The van der Waals surface area contributed by atoms with Crippen LogP contribution < -0.4 is 5.73 Å². The molecule has 0 bridgehead atoms. The number of oxime groups is 1. The molecule has 0 aliphatic rings. The Hall–Kier alpha value is -2.05. The molecule has 1 heterocycles. The zero-order valence-electron chi connectivity index (χ0n) is 10.9. The fourth-order valence-corrected chi connectivity index (χ4v) is 1.58. The minimum absolute atomic E-state index is 0.0317. The summed E-state index contributed by atoms with van der Waals surface area (Å²) in [7, 11) is 1.76. The number of carbonyl (C=O) groups is 1. The Balaban J connectivity index is 2.76. The average Bonchev–Trinajstić information content (AvgIpc) is 2.75. The number of aryl methyl sites for hydroxylation is 1. The molecule has 0 spiro atoms. The summed E-state index contributed by atoms with van der Waals surface area (Å²) >= 11 is 0. The predicted octanol–water partition coefficient (Wildman–Crippen LogP) is 0.407. The molecule has 1 amide bonds. The highest BCUT2D eigenvalue weighted by atomic mass is 16.4. The van der Waals surface area contributed by atoms with Gasteiger partial charge in [0.2, 0.25) is 0 Å². The van der Waals surface area contributed by atoms with Gasteiger partial charge in [0.05, 0.1) is 11.8 Å². The maximum atomic E-state index is 12.2. The third-order valence-corrected chi connectivity index (χ3v) is 2.57. The van der Waals surface area contributed by atoms with Crippen molar-refractivity contribution in [3.05, 3.63) is 18.0 Å². The van der Waals surface area contributed by atoms with Crippen molar-refractivity contribution in [1.29, 1.82) is 0 Å². The zero-order chi connectivity index (χ0) is 13.7. The molecular weight excluding hydrogens is 234 g/mol. The van der Waals surface area contributed by atoms with Crippen molar-refractivity contribution in [1.82, 2.24) is 14.7 Å². The molecule has 0 unspecified atom stereocenters. The molecule has 1 rings (SSSR count). The lowest BCUT2D eigenvalue weighted by Crippen LogP contribution is -2.39. The van der Waals surface area contributed by atoms with Gasteiger partial charge < -0.3 is 15.8 Å². The first-order chi connectivity index (χ1) is 8.45. The molecule has 18 heavy (non-hydrogen) atoms. The SMILES string of the molecule is CC(C)N(CC/C(N)=N/O)C(=O)c1cnn(C)c1. The molecule has 100 valence electrons. The number of hydrogen-bond acceptors (Lipinski definition) is 4. The van der Waals surface area contributed by atoms with Crippen LogP contribution in [0.1, 0.15) is 30.6 Å². The molecule has 0 radical (unpaired) electrons. The summed E-state index contributed by atoms with van der Waals surface area (Å²) < 4.78 is 1.58. The third kappa shape index (κ3) is 3.47. The van der Waals surface area contributed by atoms with Crippen LogP contribution in [0.5, 0.6) is 0 Å². The van der Waals surface area contributed by atoms with E-state index in [4.69, 9.17) is 10.9 Å². The largest absolute Gasteiger partial charge is 0.409 e. The van der Waals surface area contributed by atoms with E-state index < -0.39 is 0 Å². The van der Waals surface area contributed by atoms with Crippen molar-refractivity contribution in [2.45, 2.75) is 26.3 Å². The van der Waals surface area contributed by atoms with Crippen LogP contribution in [0.25, 0.3) is 0 Å². The van der Waals surface area contributed by atoms with Crippen LogP contribution in [0, 0.1) is 0 Å². The van der Waals surface area contributed by atoms with E-state index in [1.54, 1.807) is 22.8 Å². The van der Waals surface area contributed by atoms with Crippen molar-refractivity contribution in [2.24, 2.45) is 17.9 Å². The van der Waals surface area contributed by atoms with Gasteiger partial charge in [-0.3, -0.25) is 9.48 Å². The molecule has 0 atom stereocenters. The molecule has 3 N–H and O–H groups in total. The number of aromatic nitrogens is 2. The van der Waals surface area contributed by atoms with Crippen LogP contribution in [0.3, 0.4) is 0 Å². The number of nitrogens with zero attached hydrogens (tertiary/aromatic N) is 4. The highest BCUT2D eigenvalue weighted by molar-refractivity contribution is 5.94. The molecular formula is C11H19N5O2. The normalized spacial score (nSPS) is 11.9. The standard InChI is InChI=1S/C11H19N5O2/c1-8(2)16(5-4-10(12)14-18)11(17)9-6-13-15(3)7-9/h6-8,18H,4-5H2,1-3H3,(H2,12,14). The van der Waals surface area contributed by atoms with Crippen molar-refractivity contribution < 1.29 is 10.0 Å². The number of amides is 1. The van der Waals surface area contributed by atoms with Gasteiger partial charge in [-0.25, -0.2) is 0 Å². The van der Waals surface area contributed by atoms with E-state index in [9.17, 15) is 4.79 Å². The van der Waals surface area contributed by atoms with Gasteiger partial charge in [0, 0.05) is 32.3 Å². The first-order valence-electron chi connectivity index (χ1n) is 5.71. The molecule has 7 nitrogen and oxygen atoms in total. The fraction of sp³-hybridized carbons (Fsp3) is 0.545. The first-order valence-corrected chi connectivity index (χ1v) is 5.71. The quantitative estimate of drug-likeness (QED) is 0.344. The first kappa shape index (κ1) is 14.0. The summed E-state index contributed by atoms with van der Waals surface area (Å²) in [5.74, 6) is 0.00322. The van der Waals surface area contributed by atoms with E-state index in [0.717, 1.165) is 0 Å². The van der Waals surface area contributed by atoms with Gasteiger partial charge in [-0.1, -0.05) is 5.16 Å². The lowest BCUT2D eigenvalue weighted by Gasteiger charge is -2.26. The van der Waals surface area contributed by atoms with Crippen molar-refractivity contribution in [3.8, 4) is 0 Å².